The molecule has 9 heteroatoms. The van der Waals surface area contributed by atoms with E-state index in [1.807, 2.05) is 0 Å². The van der Waals surface area contributed by atoms with Gasteiger partial charge in [-0.3, -0.25) is 0 Å². The van der Waals surface area contributed by atoms with Gasteiger partial charge in [-0.1, -0.05) is 0 Å². The van der Waals surface area contributed by atoms with Crippen molar-refractivity contribution in [2.45, 2.75) is 25.3 Å². The van der Waals surface area contributed by atoms with Crippen molar-refractivity contribution in [1.29, 1.82) is 0 Å². The predicted octanol–water partition coefficient (Wildman–Crippen LogP) is 1.87. The third-order valence-electron chi connectivity index (χ3n) is 2.04. The summed E-state index contributed by atoms with van der Waals surface area (Å²) in [4.78, 5) is 3.76. The Labute approximate surface area is 108 Å². The molecule has 1 aromatic heterocycles. The maximum atomic E-state index is 11.7. The Hall–Kier alpha value is -1.09. The zero-order valence-corrected chi connectivity index (χ0v) is 11.1. The topological polar surface area (TPSA) is 69.4 Å². The second-order valence-electron chi connectivity index (χ2n) is 3.96. The van der Waals surface area contributed by atoms with Crippen LogP contribution < -0.4 is 0 Å². The van der Waals surface area contributed by atoms with Crippen LogP contribution in [0.5, 0.6) is 0 Å². The first-order valence-electron chi connectivity index (χ1n) is 5.44. The number of hydrogen-bond acceptors (Lipinski definition) is 5. The third kappa shape index (κ3) is 7.16. The monoisotopic (exact) mass is 301 g/mol. The highest BCUT2D eigenvalue weighted by Gasteiger charge is 2.27. The summed E-state index contributed by atoms with van der Waals surface area (Å²) < 4.78 is 67.8. The molecule has 0 aliphatic rings. The zero-order chi connectivity index (χ0) is 14.5. The van der Waals surface area contributed by atoms with Gasteiger partial charge < -0.3 is 9.15 Å². The van der Waals surface area contributed by atoms with Gasteiger partial charge in [-0.15, -0.1) is 0 Å². The van der Waals surface area contributed by atoms with Gasteiger partial charge in [0, 0.05) is 13.5 Å². The second-order valence-corrected chi connectivity index (χ2v) is 6.14. The fraction of sp³-hybridized carbons (Fsp3) is 0.700. The first-order chi connectivity index (χ1) is 8.68. The van der Waals surface area contributed by atoms with Crippen molar-refractivity contribution in [1.82, 2.24) is 4.98 Å². The van der Waals surface area contributed by atoms with Crippen molar-refractivity contribution in [2.75, 3.05) is 19.0 Å². The van der Waals surface area contributed by atoms with E-state index < -0.39 is 22.6 Å². The van der Waals surface area contributed by atoms with E-state index in [-0.39, 0.29) is 30.3 Å². The van der Waals surface area contributed by atoms with E-state index in [9.17, 15) is 21.6 Å². The van der Waals surface area contributed by atoms with E-state index in [1.54, 1.807) is 6.92 Å². The molecule has 1 heterocycles. The molecule has 0 unspecified atom stereocenters. The molecule has 0 aromatic carbocycles. The van der Waals surface area contributed by atoms with Gasteiger partial charge in [0.25, 0.3) is 0 Å². The molecule has 0 aliphatic carbocycles. The molecule has 0 saturated heterocycles. The van der Waals surface area contributed by atoms with Crippen LogP contribution >= 0.6 is 0 Å². The number of oxazole rings is 1. The normalized spacial score (nSPS) is 12.8. The van der Waals surface area contributed by atoms with Crippen LogP contribution in [0.1, 0.15) is 18.1 Å². The number of sulfone groups is 1. The van der Waals surface area contributed by atoms with Crippen LogP contribution in [0, 0.1) is 6.92 Å². The minimum atomic E-state index is -4.39. The summed E-state index contributed by atoms with van der Waals surface area (Å²) in [7, 11) is -3.43. The van der Waals surface area contributed by atoms with Gasteiger partial charge in [0.2, 0.25) is 0 Å². The average Bonchev–Trinajstić information content (AvgIpc) is 2.60. The molecular weight excluding hydrogens is 287 g/mol. The highest BCUT2D eigenvalue weighted by Crippen LogP contribution is 2.14. The Morgan fingerprint density at radius 2 is 2.11 bits per heavy atom. The molecule has 0 aliphatic heterocycles. The van der Waals surface area contributed by atoms with Crippen molar-refractivity contribution in [3.8, 4) is 0 Å². The minimum absolute atomic E-state index is 0.00549. The number of rotatable bonds is 7. The maximum Gasteiger partial charge on any atom is 0.411 e. The van der Waals surface area contributed by atoms with Gasteiger partial charge in [-0.25, -0.2) is 13.4 Å². The number of aryl methyl sites for hydroxylation is 1. The summed E-state index contributed by atoms with van der Waals surface area (Å²) in [5, 5.41) is 0. The lowest BCUT2D eigenvalue weighted by Gasteiger charge is -2.07. The van der Waals surface area contributed by atoms with Gasteiger partial charge in [0.1, 0.15) is 18.1 Å². The lowest BCUT2D eigenvalue weighted by molar-refractivity contribution is -0.173. The van der Waals surface area contributed by atoms with Crippen LogP contribution in [0.3, 0.4) is 0 Å². The molecule has 0 fully saturated rings. The number of aromatic nitrogens is 1. The average molecular weight is 301 g/mol. The van der Waals surface area contributed by atoms with Crippen LogP contribution in [0.15, 0.2) is 10.6 Å². The Bertz CT molecular complexity index is 495. The molecule has 0 bridgehead atoms. The summed E-state index contributed by atoms with van der Waals surface area (Å²) in [5.41, 5.74) is 0. The van der Waals surface area contributed by atoms with Crippen molar-refractivity contribution >= 4 is 9.84 Å². The Morgan fingerprint density at radius 1 is 1.42 bits per heavy atom. The van der Waals surface area contributed by atoms with E-state index in [1.165, 1.54) is 6.20 Å². The quantitative estimate of drug-likeness (QED) is 0.719. The largest absolute Gasteiger partial charge is 0.445 e. The molecular formula is C10H14F3NO4S. The van der Waals surface area contributed by atoms with Crippen LogP contribution in [0.4, 0.5) is 13.2 Å². The predicted molar refractivity (Wildman–Crippen MR) is 60.2 cm³/mol. The van der Waals surface area contributed by atoms with E-state index in [0.717, 1.165) is 0 Å². The van der Waals surface area contributed by atoms with Crippen molar-refractivity contribution in [3.05, 3.63) is 17.8 Å². The van der Waals surface area contributed by atoms with Crippen molar-refractivity contribution in [3.63, 3.8) is 0 Å². The summed E-state index contributed by atoms with van der Waals surface area (Å²) in [6.07, 6.45) is -3.07. The van der Waals surface area contributed by atoms with Crippen molar-refractivity contribution < 1.29 is 30.7 Å². The molecule has 0 saturated carbocycles. The molecule has 0 atom stereocenters. The smallest absolute Gasteiger partial charge is 0.411 e. The SMILES string of the molecule is Cc1ncc(CS(=O)(=O)CCCOCC(F)(F)F)o1. The standard InChI is InChI=1S/C10H14F3NO4S/c1-8-14-5-9(18-8)6-19(15,16)4-2-3-17-7-10(11,12)13/h5H,2-4,6-7H2,1H3. The molecule has 1 aromatic rings. The van der Waals surface area contributed by atoms with Gasteiger partial charge in [0.05, 0.1) is 11.9 Å². The lowest BCUT2D eigenvalue weighted by atomic mass is 10.5. The number of nitrogens with zero attached hydrogens (tertiary/aromatic N) is 1. The van der Waals surface area contributed by atoms with E-state index in [2.05, 4.69) is 9.72 Å². The molecule has 110 valence electrons. The van der Waals surface area contributed by atoms with Gasteiger partial charge in [-0.05, 0) is 6.42 Å². The molecule has 0 amide bonds. The Kier molecular flexibility index (Phi) is 5.36. The van der Waals surface area contributed by atoms with E-state index in [0.29, 0.717) is 5.89 Å². The number of halogens is 3. The number of hydrogen-bond donors (Lipinski definition) is 0. The van der Waals surface area contributed by atoms with Gasteiger partial charge >= 0.3 is 6.18 Å². The van der Waals surface area contributed by atoms with Crippen LogP contribution in [-0.2, 0) is 20.3 Å². The Balaban J connectivity index is 2.28. The summed E-state index contributed by atoms with van der Waals surface area (Å²) in [6.45, 7) is -0.0381. The maximum absolute atomic E-state index is 11.7. The van der Waals surface area contributed by atoms with Crippen molar-refractivity contribution in [2.24, 2.45) is 0 Å². The van der Waals surface area contributed by atoms with E-state index in [4.69, 9.17) is 4.42 Å². The van der Waals surface area contributed by atoms with Gasteiger partial charge in [0.15, 0.2) is 15.7 Å². The fourth-order valence-electron chi connectivity index (χ4n) is 1.33. The molecule has 5 nitrogen and oxygen atoms in total. The minimum Gasteiger partial charge on any atom is -0.445 e. The zero-order valence-electron chi connectivity index (χ0n) is 10.2. The lowest BCUT2D eigenvalue weighted by Crippen LogP contribution is -2.18. The van der Waals surface area contributed by atoms with Crippen LogP contribution in [-0.4, -0.2) is 38.5 Å². The number of ether oxygens (including phenoxy) is 1. The molecule has 0 spiro atoms. The Morgan fingerprint density at radius 3 is 2.63 bits per heavy atom. The third-order valence-corrected chi connectivity index (χ3v) is 3.68. The summed E-state index contributed by atoms with van der Waals surface area (Å²) in [6, 6.07) is 0. The van der Waals surface area contributed by atoms with Crippen LogP contribution in [0.25, 0.3) is 0 Å². The van der Waals surface area contributed by atoms with E-state index >= 15 is 0 Å². The molecule has 0 N–H and O–H groups in total. The fourth-order valence-corrected chi connectivity index (χ4v) is 2.60. The summed E-state index contributed by atoms with van der Waals surface area (Å²) >= 11 is 0. The van der Waals surface area contributed by atoms with Gasteiger partial charge in [-0.2, -0.15) is 13.2 Å². The molecule has 19 heavy (non-hydrogen) atoms. The highest BCUT2D eigenvalue weighted by molar-refractivity contribution is 7.90. The first kappa shape index (κ1) is 16.0. The molecule has 0 radical (unpaired) electrons. The van der Waals surface area contributed by atoms with Crippen LogP contribution in [0.2, 0.25) is 0 Å². The second kappa shape index (κ2) is 6.38. The first-order valence-corrected chi connectivity index (χ1v) is 7.26. The summed E-state index contributed by atoms with van der Waals surface area (Å²) in [5.74, 6) is 0.00460. The number of alkyl halides is 3. The highest BCUT2D eigenvalue weighted by atomic mass is 32.2. The molecule has 1 rings (SSSR count).